The molecule has 1 fully saturated rings. The van der Waals surface area contributed by atoms with Gasteiger partial charge in [-0.05, 0) is 18.4 Å². The summed E-state index contributed by atoms with van der Waals surface area (Å²) in [5, 5.41) is 13.6. The number of rotatable bonds is 5. The fraction of sp³-hybridized carbons (Fsp3) is 0.538. The molecule has 2 heterocycles. The maximum atomic E-state index is 12.4. The molecule has 0 saturated carbocycles. The molecule has 1 amide bonds. The van der Waals surface area contributed by atoms with E-state index in [1.54, 1.807) is 6.92 Å². The van der Waals surface area contributed by atoms with Crippen LogP contribution in [0.3, 0.4) is 0 Å². The lowest BCUT2D eigenvalue weighted by Gasteiger charge is -2.28. The number of aliphatic carboxylic acids is 1. The second-order valence-corrected chi connectivity index (χ2v) is 6.16. The zero-order valence-corrected chi connectivity index (χ0v) is 12.0. The molecule has 0 aromatic carbocycles. The van der Waals surface area contributed by atoms with Crippen LogP contribution in [0.5, 0.6) is 0 Å². The molecule has 2 rings (SSSR count). The predicted molar refractivity (Wildman–Crippen MR) is 74.4 cm³/mol. The van der Waals surface area contributed by atoms with Crippen molar-refractivity contribution in [1.82, 2.24) is 5.32 Å². The third-order valence-electron chi connectivity index (χ3n) is 3.61. The van der Waals surface area contributed by atoms with E-state index in [4.69, 9.17) is 15.6 Å². The second-order valence-electron chi connectivity index (χ2n) is 5.18. The van der Waals surface area contributed by atoms with Crippen molar-refractivity contribution in [2.45, 2.75) is 25.4 Å². The first kappa shape index (κ1) is 15.0. The largest absolute Gasteiger partial charge is 0.481 e. The van der Waals surface area contributed by atoms with Gasteiger partial charge in [0.05, 0.1) is 31.1 Å². The zero-order valence-electron chi connectivity index (χ0n) is 11.2. The molecule has 7 heteroatoms. The Hall–Kier alpha value is -1.44. The summed E-state index contributed by atoms with van der Waals surface area (Å²) in [7, 11) is 0. The maximum absolute atomic E-state index is 12.4. The molecule has 6 nitrogen and oxygen atoms in total. The Morgan fingerprint density at radius 2 is 2.45 bits per heavy atom. The molecular formula is C13H18N2O4S. The van der Waals surface area contributed by atoms with Gasteiger partial charge in [0, 0.05) is 10.9 Å². The standard InChI is InChI=1S/C13H18N2O4S/c1-13(7-19-6-10(13)14)12(18)15-8(5-11(16)17)9-3-2-4-20-9/h2-4,8,10H,5-7,14H2,1H3,(H,15,18)(H,16,17). The first-order valence-corrected chi connectivity index (χ1v) is 7.21. The number of ether oxygens (including phenoxy) is 1. The number of carboxylic acids is 1. The smallest absolute Gasteiger partial charge is 0.305 e. The fourth-order valence-electron chi connectivity index (χ4n) is 2.13. The molecule has 1 aromatic rings. The van der Waals surface area contributed by atoms with Gasteiger partial charge in [-0.2, -0.15) is 0 Å². The molecule has 20 heavy (non-hydrogen) atoms. The van der Waals surface area contributed by atoms with Gasteiger partial charge < -0.3 is 20.9 Å². The van der Waals surface area contributed by atoms with E-state index in [2.05, 4.69) is 5.32 Å². The summed E-state index contributed by atoms with van der Waals surface area (Å²) < 4.78 is 5.25. The lowest BCUT2D eigenvalue weighted by Crippen LogP contribution is -2.50. The van der Waals surface area contributed by atoms with E-state index in [1.807, 2.05) is 17.5 Å². The second kappa shape index (κ2) is 5.90. The lowest BCUT2D eigenvalue weighted by molar-refractivity contribution is -0.138. The Labute approximate surface area is 120 Å². The number of amides is 1. The Kier molecular flexibility index (Phi) is 4.42. The summed E-state index contributed by atoms with van der Waals surface area (Å²) in [6.45, 7) is 2.34. The monoisotopic (exact) mass is 298 g/mol. The number of carbonyl (C=O) groups excluding carboxylic acids is 1. The number of hydrogen-bond acceptors (Lipinski definition) is 5. The molecule has 1 aliphatic heterocycles. The first-order chi connectivity index (χ1) is 9.43. The number of thiophene rings is 1. The highest BCUT2D eigenvalue weighted by molar-refractivity contribution is 7.10. The molecule has 3 unspecified atom stereocenters. The quantitative estimate of drug-likeness (QED) is 0.744. The number of carbonyl (C=O) groups is 2. The first-order valence-electron chi connectivity index (χ1n) is 6.33. The van der Waals surface area contributed by atoms with Crippen molar-refractivity contribution in [3.05, 3.63) is 22.4 Å². The van der Waals surface area contributed by atoms with Crippen LogP contribution in [0.4, 0.5) is 0 Å². The van der Waals surface area contributed by atoms with Crippen molar-refractivity contribution in [2.75, 3.05) is 13.2 Å². The summed E-state index contributed by atoms with van der Waals surface area (Å²) in [5.41, 5.74) is 5.10. The van der Waals surface area contributed by atoms with Gasteiger partial charge in [-0.1, -0.05) is 6.07 Å². The average molecular weight is 298 g/mol. The molecule has 0 aliphatic carbocycles. The molecule has 1 aromatic heterocycles. The SMILES string of the molecule is CC1(C(=O)NC(CC(=O)O)c2cccs2)COCC1N. The summed E-state index contributed by atoms with van der Waals surface area (Å²) in [5.74, 6) is -1.22. The van der Waals surface area contributed by atoms with E-state index in [0.717, 1.165) is 4.88 Å². The zero-order chi connectivity index (χ0) is 14.8. The van der Waals surface area contributed by atoms with E-state index < -0.39 is 17.4 Å². The molecule has 1 aliphatic rings. The van der Waals surface area contributed by atoms with Crippen LogP contribution in [0.25, 0.3) is 0 Å². The molecule has 4 N–H and O–H groups in total. The van der Waals surface area contributed by atoms with Gasteiger partial charge >= 0.3 is 5.97 Å². The molecule has 110 valence electrons. The van der Waals surface area contributed by atoms with Gasteiger partial charge in [0.1, 0.15) is 0 Å². The van der Waals surface area contributed by atoms with Crippen molar-refractivity contribution in [3.8, 4) is 0 Å². The van der Waals surface area contributed by atoms with Crippen LogP contribution in [0.2, 0.25) is 0 Å². The molecule has 0 spiro atoms. The molecule has 0 radical (unpaired) electrons. The Balaban J connectivity index is 2.11. The highest BCUT2D eigenvalue weighted by Crippen LogP contribution is 2.30. The Morgan fingerprint density at radius 3 is 2.95 bits per heavy atom. The third-order valence-corrected chi connectivity index (χ3v) is 4.59. The van der Waals surface area contributed by atoms with Crippen molar-refractivity contribution in [2.24, 2.45) is 11.1 Å². The summed E-state index contributed by atoms with van der Waals surface area (Å²) in [6.07, 6.45) is -0.154. The minimum atomic E-state index is -0.958. The van der Waals surface area contributed by atoms with E-state index in [9.17, 15) is 9.59 Å². The average Bonchev–Trinajstić information content (AvgIpc) is 3.00. The highest BCUT2D eigenvalue weighted by Gasteiger charge is 2.45. The molecule has 0 bridgehead atoms. The van der Waals surface area contributed by atoms with Gasteiger partial charge in [-0.25, -0.2) is 0 Å². The van der Waals surface area contributed by atoms with Gasteiger partial charge in [-0.15, -0.1) is 11.3 Å². The highest BCUT2D eigenvalue weighted by atomic mass is 32.1. The normalized spacial score (nSPS) is 27.2. The van der Waals surface area contributed by atoms with Crippen LogP contribution in [-0.4, -0.2) is 36.2 Å². The van der Waals surface area contributed by atoms with Crippen molar-refractivity contribution in [1.29, 1.82) is 0 Å². The van der Waals surface area contributed by atoms with Crippen molar-refractivity contribution < 1.29 is 19.4 Å². The lowest BCUT2D eigenvalue weighted by atomic mass is 9.84. The van der Waals surface area contributed by atoms with E-state index >= 15 is 0 Å². The molecule has 3 atom stereocenters. The van der Waals surface area contributed by atoms with Gasteiger partial charge in [-0.3, -0.25) is 9.59 Å². The minimum absolute atomic E-state index is 0.154. The van der Waals surface area contributed by atoms with Gasteiger partial charge in [0.15, 0.2) is 0 Å². The number of carboxylic acid groups (broad SMARTS) is 1. The van der Waals surface area contributed by atoms with Crippen LogP contribution in [0, 0.1) is 5.41 Å². The van der Waals surface area contributed by atoms with Crippen LogP contribution >= 0.6 is 11.3 Å². The van der Waals surface area contributed by atoms with Crippen LogP contribution in [0.1, 0.15) is 24.3 Å². The number of hydrogen-bond donors (Lipinski definition) is 3. The minimum Gasteiger partial charge on any atom is -0.481 e. The van der Waals surface area contributed by atoms with Crippen molar-refractivity contribution >= 4 is 23.2 Å². The fourth-order valence-corrected chi connectivity index (χ4v) is 2.91. The van der Waals surface area contributed by atoms with Crippen molar-refractivity contribution in [3.63, 3.8) is 0 Å². The van der Waals surface area contributed by atoms with E-state index in [1.165, 1.54) is 11.3 Å². The maximum Gasteiger partial charge on any atom is 0.305 e. The van der Waals surface area contributed by atoms with Crippen LogP contribution in [0.15, 0.2) is 17.5 Å². The summed E-state index contributed by atoms with van der Waals surface area (Å²) in [4.78, 5) is 24.2. The number of nitrogens with two attached hydrogens (primary N) is 1. The summed E-state index contributed by atoms with van der Waals surface area (Å²) >= 11 is 1.42. The Bertz CT molecular complexity index is 491. The topological polar surface area (TPSA) is 102 Å². The Morgan fingerprint density at radius 1 is 1.70 bits per heavy atom. The van der Waals surface area contributed by atoms with E-state index in [0.29, 0.717) is 6.61 Å². The number of nitrogens with one attached hydrogen (secondary N) is 1. The van der Waals surface area contributed by atoms with E-state index in [-0.39, 0.29) is 25.0 Å². The molecule has 1 saturated heterocycles. The van der Waals surface area contributed by atoms with Crippen LogP contribution in [-0.2, 0) is 14.3 Å². The third kappa shape index (κ3) is 3.00. The molecular weight excluding hydrogens is 280 g/mol. The predicted octanol–water partition coefficient (Wildman–Crippen LogP) is 0.744. The van der Waals surface area contributed by atoms with Gasteiger partial charge in [0.2, 0.25) is 5.91 Å². The van der Waals surface area contributed by atoms with Gasteiger partial charge in [0.25, 0.3) is 0 Å². The van der Waals surface area contributed by atoms with Crippen LogP contribution < -0.4 is 11.1 Å². The summed E-state index contributed by atoms with van der Waals surface area (Å²) in [6, 6.07) is 2.72.